The van der Waals surface area contributed by atoms with E-state index in [1.54, 1.807) is 0 Å². The summed E-state index contributed by atoms with van der Waals surface area (Å²) in [6.45, 7) is 1.28. The lowest BCUT2D eigenvalue weighted by molar-refractivity contribution is -0.333. The molecule has 2 aliphatic heterocycles. The molecule has 0 amide bonds. The molecule has 12 heteroatoms. The zero-order valence-corrected chi connectivity index (χ0v) is 18.2. The number of hydrogen-bond donors (Lipinski definition) is 5. The van der Waals surface area contributed by atoms with E-state index in [0.717, 1.165) is 0 Å². The highest BCUT2D eigenvalue weighted by Crippen LogP contribution is 2.41. The first-order valence-electron chi connectivity index (χ1n) is 10.0. The Labute approximate surface area is 184 Å². The van der Waals surface area contributed by atoms with Gasteiger partial charge in [-0.1, -0.05) is 0 Å². The van der Waals surface area contributed by atoms with Crippen LogP contribution in [0.4, 0.5) is 0 Å². The molecular formula is C20H30O12. The van der Waals surface area contributed by atoms with Gasteiger partial charge in [0.25, 0.3) is 0 Å². The van der Waals surface area contributed by atoms with E-state index in [1.807, 2.05) is 0 Å². The molecule has 2 aliphatic rings. The van der Waals surface area contributed by atoms with Crippen LogP contribution < -0.4 is 18.9 Å². The SMILES string of the molecule is COc1cc(O[C@@H]2OC[C@@H](O[C@@H]3O[C@@H](C)[C@H](O)[C@@H](O)[C@H]3O)[C@H](O)[C@H]2O)cc(OC)c1OC. The zero-order chi connectivity index (χ0) is 23.6. The Morgan fingerprint density at radius 3 is 1.94 bits per heavy atom. The summed E-state index contributed by atoms with van der Waals surface area (Å²) < 4.78 is 37.8. The van der Waals surface area contributed by atoms with Crippen molar-refractivity contribution in [2.45, 2.75) is 62.2 Å². The van der Waals surface area contributed by atoms with E-state index < -0.39 is 55.3 Å². The van der Waals surface area contributed by atoms with Crippen molar-refractivity contribution < 1.29 is 58.7 Å². The van der Waals surface area contributed by atoms with E-state index >= 15 is 0 Å². The monoisotopic (exact) mass is 462 g/mol. The standard InChI is InChI=1S/C20H30O12/c1-8-13(21)15(23)17(25)20(30-8)32-12-7-29-19(16(24)14(12)22)31-9-5-10(26-2)18(28-4)11(6-9)27-3/h5-6,8,12-17,19-25H,7H2,1-4H3/t8-,12+,13-,14-,15+,16+,17+,19-,20-/m0/s1. The van der Waals surface area contributed by atoms with E-state index in [9.17, 15) is 25.5 Å². The number of aliphatic hydroxyl groups is 5. The molecule has 12 nitrogen and oxygen atoms in total. The molecule has 2 fully saturated rings. The summed E-state index contributed by atoms with van der Waals surface area (Å²) in [5.74, 6) is 1.24. The predicted octanol–water partition coefficient (Wildman–Crippen LogP) is -1.62. The molecule has 182 valence electrons. The average Bonchev–Trinajstić information content (AvgIpc) is 2.79. The van der Waals surface area contributed by atoms with Crippen LogP contribution in [-0.2, 0) is 14.2 Å². The second-order valence-corrected chi connectivity index (χ2v) is 7.52. The van der Waals surface area contributed by atoms with Crippen LogP contribution in [0, 0.1) is 0 Å². The van der Waals surface area contributed by atoms with Gasteiger partial charge in [-0.25, -0.2) is 0 Å². The van der Waals surface area contributed by atoms with E-state index in [0.29, 0.717) is 17.2 Å². The highest BCUT2D eigenvalue weighted by atomic mass is 16.7. The van der Waals surface area contributed by atoms with Crippen molar-refractivity contribution in [3.05, 3.63) is 12.1 Å². The summed E-state index contributed by atoms with van der Waals surface area (Å²) in [6, 6.07) is 3.01. The molecule has 3 rings (SSSR count). The van der Waals surface area contributed by atoms with Crippen LogP contribution in [0.2, 0.25) is 0 Å². The molecule has 1 aromatic rings. The van der Waals surface area contributed by atoms with Gasteiger partial charge in [-0.05, 0) is 6.92 Å². The number of hydrogen-bond acceptors (Lipinski definition) is 12. The number of benzene rings is 1. The maximum atomic E-state index is 10.5. The minimum absolute atomic E-state index is 0.215. The van der Waals surface area contributed by atoms with Gasteiger partial charge in [-0.3, -0.25) is 0 Å². The van der Waals surface area contributed by atoms with Crippen LogP contribution in [-0.4, -0.2) is 109 Å². The van der Waals surface area contributed by atoms with Crippen molar-refractivity contribution in [2.24, 2.45) is 0 Å². The molecule has 5 N–H and O–H groups in total. The molecular weight excluding hydrogens is 432 g/mol. The van der Waals surface area contributed by atoms with Gasteiger partial charge >= 0.3 is 0 Å². The molecule has 0 spiro atoms. The Bertz CT molecular complexity index is 735. The molecule has 9 atom stereocenters. The fraction of sp³-hybridized carbons (Fsp3) is 0.700. The van der Waals surface area contributed by atoms with E-state index in [1.165, 1.54) is 40.4 Å². The topological polar surface area (TPSA) is 166 Å². The first kappa shape index (κ1) is 24.7. The van der Waals surface area contributed by atoms with Crippen molar-refractivity contribution in [3.63, 3.8) is 0 Å². The summed E-state index contributed by atoms with van der Waals surface area (Å²) in [6.07, 6.45) is -11.8. The van der Waals surface area contributed by atoms with Crippen molar-refractivity contribution >= 4 is 0 Å². The van der Waals surface area contributed by atoms with Gasteiger partial charge in [0.1, 0.15) is 42.4 Å². The summed E-state index contributed by atoms with van der Waals surface area (Å²) >= 11 is 0. The highest BCUT2D eigenvalue weighted by Gasteiger charge is 2.47. The minimum atomic E-state index is -1.56. The number of ether oxygens (including phenoxy) is 7. The second-order valence-electron chi connectivity index (χ2n) is 7.52. The molecule has 0 aliphatic carbocycles. The Hall–Kier alpha value is -1.90. The molecule has 0 radical (unpaired) electrons. The fourth-order valence-electron chi connectivity index (χ4n) is 3.55. The van der Waals surface area contributed by atoms with Crippen LogP contribution >= 0.6 is 0 Å². The number of methoxy groups -OCH3 is 3. The summed E-state index contributed by atoms with van der Waals surface area (Å²) in [5.41, 5.74) is 0. The smallest absolute Gasteiger partial charge is 0.228 e. The molecule has 32 heavy (non-hydrogen) atoms. The van der Waals surface area contributed by atoms with Crippen LogP contribution in [0.25, 0.3) is 0 Å². The first-order valence-corrected chi connectivity index (χ1v) is 10.0. The Balaban J connectivity index is 1.67. The number of rotatable bonds is 7. The van der Waals surface area contributed by atoms with E-state index in [2.05, 4.69) is 0 Å². The van der Waals surface area contributed by atoms with Crippen molar-refractivity contribution in [1.29, 1.82) is 0 Å². The summed E-state index contributed by atoms with van der Waals surface area (Å²) in [5, 5.41) is 50.8. The van der Waals surface area contributed by atoms with Crippen molar-refractivity contribution in [1.82, 2.24) is 0 Å². The van der Waals surface area contributed by atoms with Crippen molar-refractivity contribution in [3.8, 4) is 23.0 Å². The maximum absolute atomic E-state index is 10.5. The second kappa shape index (κ2) is 10.4. The summed E-state index contributed by atoms with van der Waals surface area (Å²) in [7, 11) is 4.34. The Morgan fingerprint density at radius 2 is 1.38 bits per heavy atom. The lowest BCUT2D eigenvalue weighted by atomic mass is 9.99. The quantitative estimate of drug-likeness (QED) is 0.315. The molecule has 0 bridgehead atoms. The summed E-state index contributed by atoms with van der Waals surface area (Å²) in [4.78, 5) is 0. The van der Waals surface area contributed by atoms with Gasteiger partial charge in [0.2, 0.25) is 12.0 Å². The molecule has 2 heterocycles. The zero-order valence-electron chi connectivity index (χ0n) is 18.2. The lowest BCUT2D eigenvalue weighted by Gasteiger charge is -2.43. The minimum Gasteiger partial charge on any atom is -0.493 e. The Kier molecular flexibility index (Phi) is 8.01. The maximum Gasteiger partial charge on any atom is 0.228 e. The normalized spacial score (nSPS) is 37.6. The molecule has 2 saturated heterocycles. The fourth-order valence-corrected chi connectivity index (χ4v) is 3.55. The molecule has 0 unspecified atom stereocenters. The third-order valence-corrected chi connectivity index (χ3v) is 5.44. The van der Waals surface area contributed by atoms with Gasteiger partial charge in [0, 0.05) is 12.1 Å². The van der Waals surface area contributed by atoms with E-state index in [4.69, 9.17) is 33.2 Å². The predicted molar refractivity (Wildman–Crippen MR) is 106 cm³/mol. The molecule has 0 saturated carbocycles. The van der Waals surface area contributed by atoms with Gasteiger partial charge in [-0.2, -0.15) is 0 Å². The highest BCUT2D eigenvalue weighted by molar-refractivity contribution is 5.55. The average molecular weight is 462 g/mol. The molecule has 1 aromatic carbocycles. The lowest BCUT2D eigenvalue weighted by Crippen LogP contribution is -2.61. The van der Waals surface area contributed by atoms with Gasteiger partial charge in [-0.15, -0.1) is 0 Å². The Morgan fingerprint density at radius 1 is 0.781 bits per heavy atom. The third kappa shape index (κ3) is 4.87. The van der Waals surface area contributed by atoms with Crippen LogP contribution in [0.5, 0.6) is 23.0 Å². The molecule has 0 aromatic heterocycles. The third-order valence-electron chi connectivity index (χ3n) is 5.44. The number of aliphatic hydroxyl groups excluding tert-OH is 5. The van der Waals surface area contributed by atoms with Gasteiger partial charge in [0.15, 0.2) is 17.8 Å². The van der Waals surface area contributed by atoms with Crippen LogP contribution in [0.3, 0.4) is 0 Å². The van der Waals surface area contributed by atoms with Gasteiger partial charge in [0.05, 0.1) is 34.0 Å². The van der Waals surface area contributed by atoms with Gasteiger partial charge < -0.3 is 58.7 Å². The largest absolute Gasteiger partial charge is 0.493 e. The van der Waals surface area contributed by atoms with Crippen molar-refractivity contribution in [2.75, 3.05) is 27.9 Å². The van der Waals surface area contributed by atoms with Crippen LogP contribution in [0.15, 0.2) is 12.1 Å². The van der Waals surface area contributed by atoms with Crippen LogP contribution in [0.1, 0.15) is 6.92 Å². The first-order chi connectivity index (χ1) is 15.2. The van der Waals surface area contributed by atoms with E-state index in [-0.39, 0.29) is 12.4 Å².